The summed E-state index contributed by atoms with van der Waals surface area (Å²) >= 11 is 0. The molecule has 7 nitrogen and oxygen atoms in total. The molecule has 1 aromatic carbocycles. The first-order valence-electron chi connectivity index (χ1n) is 5.98. The van der Waals surface area contributed by atoms with E-state index < -0.39 is 0 Å². The van der Waals surface area contributed by atoms with Crippen LogP contribution in [-0.2, 0) is 0 Å². The van der Waals surface area contributed by atoms with Gasteiger partial charge in [-0.2, -0.15) is 5.10 Å². The number of hydrogen-bond acceptors (Lipinski definition) is 5. The third-order valence-electron chi connectivity index (χ3n) is 2.48. The molecule has 0 fully saturated rings. The molecule has 1 heterocycles. The van der Waals surface area contributed by atoms with Gasteiger partial charge in [-0.05, 0) is 18.2 Å². The quantitative estimate of drug-likeness (QED) is 0.531. The topological polar surface area (TPSA) is 110 Å². The first kappa shape index (κ1) is 13.6. The van der Waals surface area contributed by atoms with Gasteiger partial charge in [0.2, 0.25) is 0 Å². The number of rotatable bonds is 5. The Morgan fingerprint density at radius 2 is 2.10 bits per heavy atom. The lowest BCUT2D eigenvalue weighted by atomic mass is 10.3. The molecule has 0 atom stereocenters. The van der Waals surface area contributed by atoms with Gasteiger partial charge in [-0.25, -0.2) is 5.10 Å². The van der Waals surface area contributed by atoms with Gasteiger partial charge in [-0.1, -0.05) is 12.1 Å². The molecule has 0 aliphatic heterocycles. The third kappa shape index (κ3) is 3.58. The van der Waals surface area contributed by atoms with Crippen LogP contribution >= 0.6 is 0 Å². The van der Waals surface area contributed by atoms with Crippen molar-refractivity contribution in [2.24, 2.45) is 0 Å². The van der Waals surface area contributed by atoms with E-state index in [2.05, 4.69) is 15.5 Å². The lowest BCUT2D eigenvalue weighted by molar-refractivity contribution is 0.0941. The summed E-state index contributed by atoms with van der Waals surface area (Å²) in [5.74, 6) is 0.190. The Labute approximate surface area is 114 Å². The van der Waals surface area contributed by atoms with Gasteiger partial charge in [-0.3, -0.25) is 9.59 Å². The van der Waals surface area contributed by atoms with E-state index in [4.69, 9.17) is 10.5 Å². The highest BCUT2D eigenvalue weighted by atomic mass is 16.5. The van der Waals surface area contributed by atoms with Crippen molar-refractivity contribution < 1.29 is 9.53 Å². The first-order valence-corrected chi connectivity index (χ1v) is 5.98. The fourth-order valence-electron chi connectivity index (χ4n) is 1.50. The predicted octanol–water partition coefficient (Wildman–Crippen LogP) is 0.161. The molecule has 0 bridgehead atoms. The number of carbonyl (C=O) groups excluding carboxylic acids is 1. The minimum atomic E-state index is -0.383. The van der Waals surface area contributed by atoms with Crippen molar-refractivity contribution in [2.45, 2.75) is 0 Å². The minimum absolute atomic E-state index is 0.142. The molecule has 0 saturated carbocycles. The van der Waals surface area contributed by atoms with Gasteiger partial charge in [0, 0.05) is 6.07 Å². The second-order valence-electron chi connectivity index (χ2n) is 3.95. The number of amides is 1. The molecule has 7 heteroatoms. The zero-order valence-corrected chi connectivity index (χ0v) is 10.6. The Hall–Kier alpha value is -2.83. The number of nitrogens with one attached hydrogen (secondary N) is 2. The van der Waals surface area contributed by atoms with Crippen molar-refractivity contribution >= 4 is 11.6 Å². The molecular weight excluding hydrogens is 260 g/mol. The molecule has 1 aromatic heterocycles. The van der Waals surface area contributed by atoms with Crippen LogP contribution in [0.15, 0.2) is 41.2 Å². The Kier molecular flexibility index (Phi) is 4.33. The van der Waals surface area contributed by atoms with Crippen LogP contribution in [0.5, 0.6) is 5.75 Å². The summed E-state index contributed by atoms with van der Waals surface area (Å²) in [5, 5.41) is 8.43. The number of H-pyrrole nitrogens is 1. The molecule has 2 rings (SSSR count). The van der Waals surface area contributed by atoms with E-state index in [-0.39, 0.29) is 23.8 Å². The number of nitrogen functional groups attached to an aromatic ring is 1. The van der Waals surface area contributed by atoms with Gasteiger partial charge in [0.25, 0.3) is 11.5 Å². The van der Waals surface area contributed by atoms with Gasteiger partial charge in [-0.15, -0.1) is 0 Å². The summed E-state index contributed by atoms with van der Waals surface area (Å²) in [6.45, 7) is 0.581. The lowest BCUT2D eigenvalue weighted by Crippen LogP contribution is -2.29. The minimum Gasteiger partial charge on any atom is -0.490 e. The third-order valence-corrected chi connectivity index (χ3v) is 2.48. The number of benzene rings is 1. The highest BCUT2D eigenvalue weighted by Crippen LogP contribution is 2.19. The van der Waals surface area contributed by atoms with Crippen LogP contribution in [0, 0.1) is 0 Å². The Balaban J connectivity index is 1.79. The zero-order chi connectivity index (χ0) is 14.4. The lowest BCUT2D eigenvalue weighted by Gasteiger charge is -2.09. The molecule has 0 spiro atoms. The summed E-state index contributed by atoms with van der Waals surface area (Å²) in [5.41, 5.74) is 6.04. The molecule has 0 aliphatic rings. The van der Waals surface area contributed by atoms with E-state index in [0.29, 0.717) is 18.0 Å². The summed E-state index contributed by atoms with van der Waals surface area (Å²) in [6, 6.07) is 9.70. The van der Waals surface area contributed by atoms with Crippen LogP contribution < -0.4 is 21.3 Å². The average Bonchev–Trinajstić information content (AvgIpc) is 2.46. The normalized spacial score (nSPS) is 10.0. The highest BCUT2D eigenvalue weighted by Gasteiger charge is 2.06. The standard InChI is InChI=1S/C13H14N4O3/c14-9-3-1-2-4-11(9)20-8-7-15-13(19)10-5-6-12(18)17-16-10/h1-6H,7-8,14H2,(H,15,19)(H,17,18). The van der Waals surface area contributed by atoms with E-state index in [0.717, 1.165) is 0 Å². The number of aromatic amines is 1. The fourth-order valence-corrected chi connectivity index (χ4v) is 1.50. The molecule has 20 heavy (non-hydrogen) atoms. The number of nitrogens with two attached hydrogens (primary N) is 1. The van der Waals surface area contributed by atoms with Crippen molar-refractivity contribution in [1.82, 2.24) is 15.5 Å². The van der Waals surface area contributed by atoms with Crippen LogP contribution in [0.2, 0.25) is 0 Å². The molecule has 1 amide bonds. The molecule has 0 aliphatic carbocycles. The highest BCUT2D eigenvalue weighted by molar-refractivity contribution is 5.91. The number of carbonyl (C=O) groups is 1. The second-order valence-corrected chi connectivity index (χ2v) is 3.95. The van der Waals surface area contributed by atoms with Crippen LogP contribution in [0.4, 0.5) is 5.69 Å². The van der Waals surface area contributed by atoms with Crippen LogP contribution in [0.1, 0.15) is 10.5 Å². The zero-order valence-electron chi connectivity index (χ0n) is 10.6. The molecule has 0 saturated heterocycles. The van der Waals surface area contributed by atoms with Crippen molar-refractivity contribution in [1.29, 1.82) is 0 Å². The maximum atomic E-state index is 11.7. The Morgan fingerprint density at radius 1 is 1.30 bits per heavy atom. The van der Waals surface area contributed by atoms with Crippen molar-refractivity contribution in [3.05, 3.63) is 52.4 Å². The van der Waals surface area contributed by atoms with Crippen molar-refractivity contribution in [2.75, 3.05) is 18.9 Å². The molecule has 104 valence electrons. The molecule has 4 N–H and O–H groups in total. The molecular formula is C13H14N4O3. The van der Waals surface area contributed by atoms with E-state index in [1.807, 2.05) is 12.1 Å². The van der Waals surface area contributed by atoms with E-state index in [9.17, 15) is 9.59 Å². The summed E-state index contributed by atoms with van der Waals surface area (Å²) in [7, 11) is 0. The van der Waals surface area contributed by atoms with Gasteiger partial charge in [0.15, 0.2) is 0 Å². The predicted molar refractivity (Wildman–Crippen MR) is 73.5 cm³/mol. The number of hydrogen-bond donors (Lipinski definition) is 3. The largest absolute Gasteiger partial charge is 0.490 e. The first-order chi connectivity index (χ1) is 9.66. The van der Waals surface area contributed by atoms with Gasteiger partial charge in [0.05, 0.1) is 12.2 Å². The summed E-state index contributed by atoms with van der Waals surface area (Å²) < 4.78 is 5.42. The Bertz CT molecular complexity index is 634. The van der Waals surface area contributed by atoms with E-state index >= 15 is 0 Å². The van der Waals surface area contributed by atoms with Crippen molar-refractivity contribution in [3.63, 3.8) is 0 Å². The average molecular weight is 274 g/mol. The monoisotopic (exact) mass is 274 g/mol. The summed E-state index contributed by atoms with van der Waals surface area (Å²) in [6.07, 6.45) is 0. The SMILES string of the molecule is Nc1ccccc1OCCNC(=O)c1ccc(=O)[nH]n1. The fraction of sp³-hybridized carbons (Fsp3) is 0.154. The van der Waals surface area contributed by atoms with E-state index in [1.165, 1.54) is 12.1 Å². The number of nitrogens with zero attached hydrogens (tertiary/aromatic N) is 1. The number of aromatic nitrogens is 2. The number of anilines is 1. The van der Waals surface area contributed by atoms with Crippen LogP contribution in [-0.4, -0.2) is 29.3 Å². The van der Waals surface area contributed by atoms with E-state index in [1.54, 1.807) is 12.1 Å². The van der Waals surface area contributed by atoms with Crippen molar-refractivity contribution in [3.8, 4) is 5.75 Å². The van der Waals surface area contributed by atoms with Gasteiger partial charge < -0.3 is 15.8 Å². The maximum Gasteiger partial charge on any atom is 0.271 e. The number of ether oxygens (including phenoxy) is 1. The van der Waals surface area contributed by atoms with Crippen LogP contribution in [0.3, 0.4) is 0 Å². The Morgan fingerprint density at radius 3 is 2.80 bits per heavy atom. The van der Waals surface area contributed by atoms with Crippen LogP contribution in [0.25, 0.3) is 0 Å². The summed E-state index contributed by atoms with van der Waals surface area (Å²) in [4.78, 5) is 22.5. The maximum absolute atomic E-state index is 11.7. The molecule has 2 aromatic rings. The van der Waals surface area contributed by atoms with Gasteiger partial charge >= 0.3 is 0 Å². The van der Waals surface area contributed by atoms with Gasteiger partial charge in [0.1, 0.15) is 18.1 Å². The molecule has 0 radical (unpaired) electrons. The number of para-hydroxylation sites is 2. The second kappa shape index (κ2) is 6.37. The smallest absolute Gasteiger partial charge is 0.271 e. The molecule has 0 unspecified atom stereocenters.